The van der Waals surface area contributed by atoms with E-state index >= 15 is 0 Å². The van der Waals surface area contributed by atoms with Crippen LogP contribution in [0.15, 0.2) is 36.4 Å². The van der Waals surface area contributed by atoms with Crippen LogP contribution in [0, 0.1) is 21.7 Å². The number of halogens is 2. The molecule has 1 saturated heterocycles. The number of hydrogen-bond acceptors (Lipinski definition) is 6. The zero-order chi connectivity index (χ0) is 23.4. The number of benzene rings is 2. The second-order valence-electron chi connectivity index (χ2n) is 7.35. The fourth-order valence-electron chi connectivity index (χ4n) is 3.51. The predicted octanol–water partition coefficient (Wildman–Crippen LogP) is 2.00. The monoisotopic (exact) mass is 448 g/mol. The van der Waals surface area contributed by atoms with Crippen LogP contribution in [0.5, 0.6) is 0 Å². The number of rotatable bonds is 6. The summed E-state index contributed by atoms with van der Waals surface area (Å²) in [5.74, 6) is -2.49. The Morgan fingerprint density at radius 2 is 1.84 bits per heavy atom. The molecule has 1 atom stereocenters. The number of carbonyl (C=O) groups excluding carboxylic acids is 2. The molecule has 1 fully saturated rings. The summed E-state index contributed by atoms with van der Waals surface area (Å²) in [5, 5.41) is 24.1. The number of aliphatic hydroxyl groups excluding tert-OH is 1. The molecule has 0 aromatic heterocycles. The molecule has 0 aliphatic carbocycles. The maximum atomic E-state index is 13.8. The molecule has 0 bridgehead atoms. The van der Waals surface area contributed by atoms with Crippen LogP contribution in [0.1, 0.15) is 28.9 Å². The van der Waals surface area contributed by atoms with Crippen molar-refractivity contribution in [3.63, 3.8) is 0 Å². The molecule has 9 nitrogen and oxygen atoms in total. The molecule has 3 rings (SSSR count). The number of aliphatic hydroxyl groups is 1. The maximum Gasteiger partial charge on any atom is 0.293 e. The number of nitro groups is 1. The average Bonchev–Trinajstić information content (AvgIpc) is 2.76. The molecule has 1 unspecified atom stereocenters. The Labute approximate surface area is 182 Å². The number of nitrogens with one attached hydrogen (secondary N) is 1. The first-order valence-corrected chi connectivity index (χ1v) is 9.87. The van der Waals surface area contributed by atoms with E-state index < -0.39 is 28.6 Å². The van der Waals surface area contributed by atoms with Crippen molar-refractivity contribution in [2.45, 2.75) is 13.0 Å². The van der Waals surface area contributed by atoms with Crippen LogP contribution >= 0.6 is 0 Å². The Bertz CT molecular complexity index is 1040. The van der Waals surface area contributed by atoms with Gasteiger partial charge in [-0.25, -0.2) is 8.78 Å². The maximum absolute atomic E-state index is 13.8. The van der Waals surface area contributed by atoms with Crippen molar-refractivity contribution in [3.05, 3.63) is 69.3 Å². The van der Waals surface area contributed by atoms with Gasteiger partial charge in [0.05, 0.1) is 11.0 Å². The van der Waals surface area contributed by atoms with E-state index in [0.717, 1.165) is 18.2 Å². The van der Waals surface area contributed by atoms with Crippen molar-refractivity contribution in [2.75, 3.05) is 37.6 Å². The van der Waals surface area contributed by atoms with Crippen molar-refractivity contribution < 1.29 is 28.4 Å². The molecule has 1 heterocycles. The molecule has 1 aliphatic heterocycles. The highest BCUT2D eigenvalue weighted by atomic mass is 19.1. The van der Waals surface area contributed by atoms with Gasteiger partial charge in [0, 0.05) is 62.9 Å². The van der Waals surface area contributed by atoms with E-state index in [4.69, 9.17) is 0 Å². The lowest BCUT2D eigenvalue weighted by atomic mass is 10.1. The van der Waals surface area contributed by atoms with E-state index in [-0.39, 0.29) is 29.3 Å². The Hall–Kier alpha value is -3.60. The van der Waals surface area contributed by atoms with E-state index in [1.54, 1.807) is 9.80 Å². The van der Waals surface area contributed by atoms with Crippen LogP contribution in [-0.4, -0.2) is 59.5 Å². The summed E-state index contributed by atoms with van der Waals surface area (Å²) in [6, 6.07) is 6.70. The average molecular weight is 448 g/mol. The van der Waals surface area contributed by atoms with Gasteiger partial charge in [-0.15, -0.1) is 0 Å². The van der Waals surface area contributed by atoms with E-state index in [9.17, 15) is 33.6 Å². The third-order valence-electron chi connectivity index (χ3n) is 5.28. The van der Waals surface area contributed by atoms with Crippen LogP contribution in [0.3, 0.4) is 0 Å². The molecule has 11 heteroatoms. The van der Waals surface area contributed by atoms with Crippen molar-refractivity contribution in [3.8, 4) is 0 Å². The summed E-state index contributed by atoms with van der Waals surface area (Å²) in [7, 11) is 0. The minimum atomic E-state index is -1.42. The topological polar surface area (TPSA) is 116 Å². The van der Waals surface area contributed by atoms with Crippen molar-refractivity contribution in [1.29, 1.82) is 0 Å². The third-order valence-corrected chi connectivity index (χ3v) is 5.28. The first-order chi connectivity index (χ1) is 15.2. The highest BCUT2D eigenvalue weighted by Crippen LogP contribution is 2.30. The second kappa shape index (κ2) is 9.69. The van der Waals surface area contributed by atoms with Gasteiger partial charge in [0.2, 0.25) is 5.91 Å². The minimum absolute atomic E-state index is 0.00500. The lowest BCUT2D eigenvalue weighted by Gasteiger charge is -2.35. The summed E-state index contributed by atoms with van der Waals surface area (Å²) < 4.78 is 26.8. The molecule has 32 heavy (non-hydrogen) atoms. The number of hydrogen-bond donors (Lipinski definition) is 2. The highest BCUT2D eigenvalue weighted by molar-refractivity contribution is 5.95. The Morgan fingerprint density at radius 1 is 1.16 bits per heavy atom. The quantitative estimate of drug-likeness (QED) is 0.516. The Balaban J connectivity index is 1.70. The van der Waals surface area contributed by atoms with Crippen molar-refractivity contribution in [1.82, 2.24) is 10.2 Å². The van der Waals surface area contributed by atoms with Crippen LogP contribution in [-0.2, 0) is 4.79 Å². The normalized spacial score (nSPS) is 14.8. The zero-order valence-corrected chi connectivity index (χ0v) is 17.3. The molecule has 1 aliphatic rings. The summed E-state index contributed by atoms with van der Waals surface area (Å²) in [4.78, 5) is 38.4. The number of amides is 2. The van der Waals surface area contributed by atoms with Gasteiger partial charge in [0.25, 0.3) is 11.6 Å². The van der Waals surface area contributed by atoms with E-state index in [1.165, 1.54) is 19.1 Å². The van der Waals surface area contributed by atoms with Crippen molar-refractivity contribution in [2.24, 2.45) is 0 Å². The first-order valence-electron chi connectivity index (χ1n) is 9.87. The van der Waals surface area contributed by atoms with Gasteiger partial charge < -0.3 is 20.2 Å². The van der Waals surface area contributed by atoms with Crippen LogP contribution in [0.2, 0.25) is 0 Å². The SMILES string of the molecule is CC(=O)N1CCN(c2ccc(C(=O)NCC(O)c3ccc(F)cc3F)cc2[N+](=O)[O-])CC1. The molecule has 0 saturated carbocycles. The number of nitro benzene ring substituents is 1. The van der Waals surface area contributed by atoms with E-state index in [2.05, 4.69) is 5.32 Å². The van der Waals surface area contributed by atoms with Gasteiger partial charge in [0.15, 0.2) is 0 Å². The van der Waals surface area contributed by atoms with Gasteiger partial charge in [-0.3, -0.25) is 19.7 Å². The lowest BCUT2D eigenvalue weighted by molar-refractivity contribution is -0.384. The van der Waals surface area contributed by atoms with Crippen LogP contribution in [0.25, 0.3) is 0 Å². The molecule has 2 aromatic carbocycles. The Kier molecular flexibility index (Phi) is 6.98. The number of nitrogens with zero attached hydrogens (tertiary/aromatic N) is 3. The molecule has 2 aromatic rings. The van der Waals surface area contributed by atoms with Gasteiger partial charge >= 0.3 is 0 Å². The summed E-state index contributed by atoms with van der Waals surface area (Å²) in [6.45, 7) is 2.80. The van der Waals surface area contributed by atoms with Crippen LogP contribution < -0.4 is 10.2 Å². The largest absolute Gasteiger partial charge is 0.386 e. The Morgan fingerprint density at radius 3 is 2.44 bits per heavy atom. The van der Waals surface area contributed by atoms with Crippen molar-refractivity contribution >= 4 is 23.2 Å². The molecule has 170 valence electrons. The smallest absolute Gasteiger partial charge is 0.293 e. The fourth-order valence-corrected chi connectivity index (χ4v) is 3.51. The first kappa shape index (κ1) is 23.1. The standard InChI is InChI=1S/C21H22F2N4O5/c1-13(28)25-6-8-26(9-7-25)18-5-2-14(10-19(18)27(31)32)21(30)24-12-20(29)16-4-3-15(22)11-17(16)23/h2-5,10-11,20,29H,6-9,12H2,1H3,(H,24,30). The number of anilines is 1. The summed E-state index contributed by atoms with van der Waals surface area (Å²) in [5.41, 5.74) is -0.116. The second-order valence-corrected chi connectivity index (χ2v) is 7.35. The number of piperazine rings is 1. The summed E-state index contributed by atoms with van der Waals surface area (Å²) in [6.07, 6.45) is -1.42. The van der Waals surface area contributed by atoms with E-state index in [1.807, 2.05) is 0 Å². The lowest BCUT2D eigenvalue weighted by Crippen LogP contribution is -2.48. The number of carbonyl (C=O) groups is 2. The summed E-state index contributed by atoms with van der Waals surface area (Å²) >= 11 is 0. The molecular formula is C21H22F2N4O5. The van der Waals surface area contributed by atoms with Crippen LogP contribution in [0.4, 0.5) is 20.2 Å². The van der Waals surface area contributed by atoms with Gasteiger partial charge in [-0.05, 0) is 18.2 Å². The molecule has 0 spiro atoms. The molecule has 2 amide bonds. The zero-order valence-electron chi connectivity index (χ0n) is 17.3. The molecule has 0 radical (unpaired) electrons. The predicted molar refractivity (Wildman–Crippen MR) is 111 cm³/mol. The van der Waals surface area contributed by atoms with Gasteiger partial charge in [0.1, 0.15) is 17.3 Å². The minimum Gasteiger partial charge on any atom is -0.386 e. The third kappa shape index (κ3) is 5.17. The highest BCUT2D eigenvalue weighted by Gasteiger charge is 2.26. The fraction of sp³-hybridized carbons (Fsp3) is 0.333. The van der Waals surface area contributed by atoms with E-state index in [0.29, 0.717) is 37.9 Å². The molecule has 2 N–H and O–H groups in total. The molecular weight excluding hydrogens is 426 g/mol. The van der Waals surface area contributed by atoms with Gasteiger partial charge in [-0.2, -0.15) is 0 Å². The van der Waals surface area contributed by atoms with Gasteiger partial charge in [-0.1, -0.05) is 6.07 Å².